The summed E-state index contributed by atoms with van der Waals surface area (Å²) >= 11 is 0.680. The quantitative estimate of drug-likeness (QED) is 0.563. The van der Waals surface area contributed by atoms with E-state index in [0.29, 0.717) is 23.5 Å². The highest BCUT2D eigenvalue weighted by Crippen LogP contribution is 2.79. The Labute approximate surface area is 180 Å². The summed E-state index contributed by atoms with van der Waals surface area (Å²) in [7, 11) is 0. The van der Waals surface area contributed by atoms with Crippen LogP contribution in [0.3, 0.4) is 0 Å². The van der Waals surface area contributed by atoms with Crippen molar-refractivity contribution in [2.45, 2.75) is 45.5 Å². The third-order valence-electron chi connectivity index (χ3n) is 6.65. The van der Waals surface area contributed by atoms with Crippen LogP contribution in [0.4, 0.5) is 26.3 Å². The maximum Gasteiger partial charge on any atom is 0.380 e. The van der Waals surface area contributed by atoms with Crippen LogP contribution in [0.2, 0.25) is 0 Å². The second-order valence-electron chi connectivity index (χ2n) is 8.02. The van der Waals surface area contributed by atoms with Gasteiger partial charge in [0.25, 0.3) is 0 Å². The van der Waals surface area contributed by atoms with Gasteiger partial charge in [-0.15, -0.1) is 0 Å². The summed E-state index contributed by atoms with van der Waals surface area (Å²) < 4.78 is 88.3. The van der Waals surface area contributed by atoms with Gasteiger partial charge in [0.2, 0.25) is 0 Å². The standard InChI is InChI=1S/C19H14F6O4S2/c1-5-7(13(26)27)15(3)11(30-5)9-10(18(22,23)19(24,25)17(9,20)21)12-16(15,4)8(14(28)29)6(2)31-12/h1-4H3,(H,26,27)(H,28,29)/p-2. The third-order valence-corrected chi connectivity index (χ3v) is 9.31. The monoisotopic (exact) mass is 482 g/mol. The van der Waals surface area contributed by atoms with Crippen LogP contribution in [-0.2, 0) is 9.59 Å². The predicted molar refractivity (Wildman–Crippen MR) is 95.7 cm³/mol. The maximum absolute atomic E-state index is 14.9. The van der Waals surface area contributed by atoms with E-state index in [1.54, 1.807) is 0 Å². The normalized spacial score (nSPS) is 34.9. The lowest BCUT2D eigenvalue weighted by Gasteiger charge is -2.50. The van der Waals surface area contributed by atoms with Gasteiger partial charge in [-0.1, -0.05) is 23.5 Å². The Morgan fingerprint density at radius 1 is 0.710 bits per heavy atom. The fraction of sp³-hybridized carbons (Fsp3) is 0.474. The first kappa shape index (κ1) is 22.4. The number of aliphatic carboxylic acids is 2. The Morgan fingerprint density at radius 2 is 1.00 bits per heavy atom. The topological polar surface area (TPSA) is 80.3 Å². The zero-order valence-electron chi connectivity index (χ0n) is 16.2. The lowest BCUT2D eigenvalue weighted by molar-refractivity contribution is -0.303. The van der Waals surface area contributed by atoms with E-state index in [2.05, 4.69) is 0 Å². The lowest BCUT2D eigenvalue weighted by Crippen LogP contribution is -2.50. The highest BCUT2D eigenvalue weighted by molar-refractivity contribution is 8.07. The molecular formula is C19H12F6O4S2-2. The van der Waals surface area contributed by atoms with Crippen molar-refractivity contribution in [1.29, 1.82) is 0 Å². The van der Waals surface area contributed by atoms with Crippen LogP contribution in [-0.4, -0.2) is 29.7 Å². The van der Waals surface area contributed by atoms with Crippen molar-refractivity contribution in [3.05, 3.63) is 41.9 Å². The summed E-state index contributed by atoms with van der Waals surface area (Å²) in [6.07, 6.45) is 0. The van der Waals surface area contributed by atoms with Gasteiger partial charge in [0.15, 0.2) is 0 Å². The average molecular weight is 482 g/mol. The number of carboxylic acids is 2. The zero-order valence-corrected chi connectivity index (χ0v) is 17.9. The Morgan fingerprint density at radius 3 is 1.26 bits per heavy atom. The van der Waals surface area contributed by atoms with Gasteiger partial charge < -0.3 is 19.8 Å². The van der Waals surface area contributed by atoms with Gasteiger partial charge in [-0.3, -0.25) is 0 Å². The highest BCUT2D eigenvalue weighted by atomic mass is 32.2. The van der Waals surface area contributed by atoms with E-state index in [1.807, 2.05) is 0 Å². The van der Waals surface area contributed by atoms with Gasteiger partial charge in [0.1, 0.15) is 0 Å². The van der Waals surface area contributed by atoms with Crippen LogP contribution < -0.4 is 10.2 Å². The van der Waals surface area contributed by atoms with E-state index in [0.717, 1.165) is 13.8 Å². The van der Waals surface area contributed by atoms with E-state index in [4.69, 9.17) is 0 Å². The molecule has 168 valence electrons. The van der Waals surface area contributed by atoms with Crippen LogP contribution in [0.1, 0.15) is 27.7 Å². The van der Waals surface area contributed by atoms with E-state index < -0.39 is 72.6 Å². The number of alkyl halides is 6. The molecule has 0 aromatic carbocycles. The first-order valence-electron chi connectivity index (χ1n) is 8.77. The molecule has 4 rings (SSSR count). The molecule has 2 aliphatic heterocycles. The molecule has 2 atom stereocenters. The SMILES string of the molecule is CC1=C(C(=O)[O-])C2(C)C(=C3C(=C4SC(C)=C(C(=O)[O-])C42C)C(F)(F)C(F)(F)C3(F)F)S1. The summed E-state index contributed by atoms with van der Waals surface area (Å²) in [5, 5.41) is 24.0. The van der Waals surface area contributed by atoms with Gasteiger partial charge in [0.05, 0.1) is 11.9 Å². The molecule has 4 nitrogen and oxygen atoms in total. The molecule has 0 aromatic heterocycles. The van der Waals surface area contributed by atoms with Crippen molar-refractivity contribution in [2.24, 2.45) is 10.8 Å². The third kappa shape index (κ3) is 2.05. The number of halogens is 6. The number of carboxylic acid groups (broad SMARTS) is 2. The largest absolute Gasteiger partial charge is 0.545 e. The molecule has 4 aliphatic rings. The number of rotatable bonds is 2. The Bertz CT molecular complexity index is 1050. The number of hydrogen-bond donors (Lipinski definition) is 0. The smallest absolute Gasteiger partial charge is 0.380 e. The molecule has 0 N–H and O–H groups in total. The first-order valence-corrected chi connectivity index (χ1v) is 10.4. The van der Waals surface area contributed by atoms with Crippen molar-refractivity contribution in [2.75, 3.05) is 0 Å². The maximum atomic E-state index is 14.9. The molecule has 12 heteroatoms. The fourth-order valence-corrected chi connectivity index (χ4v) is 8.21. The van der Waals surface area contributed by atoms with E-state index >= 15 is 0 Å². The summed E-state index contributed by atoms with van der Waals surface area (Å²) in [6, 6.07) is 0. The minimum absolute atomic E-state index is 0.145. The van der Waals surface area contributed by atoms with E-state index in [9.17, 15) is 46.1 Å². The van der Waals surface area contributed by atoms with Crippen LogP contribution in [0.15, 0.2) is 41.9 Å². The molecule has 2 heterocycles. The van der Waals surface area contributed by atoms with Crippen molar-refractivity contribution in [3.63, 3.8) is 0 Å². The van der Waals surface area contributed by atoms with Crippen LogP contribution in [0.5, 0.6) is 0 Å². The summed E-state index contributed by atoms with van der Waals surface area (Å²) in [4.78, 5) is 22.2. The Hall–Kier alpha value is -1.82. The summed E-state index contributed by atoms with van der Waals surface area (Å²) in [5.74, 6) is -20.2. The van der Waals surface area contributed by atoms with Crippen LogP contribution in [0, 0.1) is 10.8 Å². The Balaban J connectivity index is 2.26. The molecule has 0 amide bonds. The molecule has 2 aliphatic carbocycles. The molecule has 0 radical (unpaired) electrons. The van der Waals surface area contributed by atoms with Gasteiger partial charge in [-0.05, 0) is 48.7 Å². The van der Waals surface area contributed by atoms with Crippen LogP contribution >= 0.6 is 23.5 Å². The van der Waals surface area contributed by atoms with Gasteiger partial charge in [0, 0.05) is 31.8 Å². The number of carbonyl (C=O) groups excluding carboxylic acids is 2. The molecule has 1 fully saturated rings. The Kier molecular flexibility index (Phi) is 4.15. The number of fused-ring (bicyclic) bond motifs is 4. The van der Waals surface area contributed by atoms with Gasteiger partial charge in [-0.2, -0.15) is 26.3 Å². The van der Waals surface area contributed by atoms with E-state index in [-0.39, 0.29) is 9.81 Å². The van der Waals surface area contributed by atoms with Gasteiger partial charge >= 0.3 is 17.8 Å². The lowest BCUT2D eigenvalue weighted by atomic mass is 9.54. The van der Waals surface area contributed by atoms with Crippen molar-refractivity contribution in [1.82, 2.24) is 0 Å². The highest BCUT2D eigenvalue weighted by Gasteiger charge is 2.85. The summed E-state index contributed by atoms with van der Waals surface area (Å²) in [6.45, 7) is 4.54. The summed E-state index contributed by atoms with van der Waals surface area (Å²) in [5.41, 5.74) is -8.93. The molecule has 0 aromatic rings. The number of allylic oxidation sites excluding steroid dienone is 6. The number of hydrogen-bond acceptors (Lipinski definition) is 6. The van der Waals surface area contributed by atoms with Crippen molar-refractivity contribution < 1.29 is 46.1 Å². The number of thioether (sulfide) groups is 2. The number of carbonyl (C=O) groups is 2. The first-order chi connectivity index (χ1) is 13.9. The second-order valence-corrected chi connectivity index (χ2v) is 10.5. The van der Waals surface area contributed by atoms with Gasteiger partial charge in [-0.25, -0.2) is 0 Å². The predicted octanol–water partition coefficient (Wildman–Crippen LogP) is 2.98. The molecule has 31 heavy (non-hydrogen) atoms. The molecule has 1 saturated carbocycles. The molecular weight excluding hydrogens is 470 g/mol. The molecule has 0 saturated heterocycles. The molecule has 0 bridgehead atoms. The van der Waals surface area contributed by atoms with Crippen LogP contribution in [0.25, 0.3) is 0 Å². The van der Waals surface area contributed by atoms with Crippen molar-refractivity contribution in [3.8, 4) is 0 Å². The minimum Gasteiger partial charge on any atom is -0.545 e. The average Bonchev–Trinajstić information content (AvgIpc) is 3.06. The minimum atomic E-state index is -5.81. The van der Waals surface area contributed by atoms with Crippen molar-refractivity contribution >= 4 is 35.5 Å². The molecule has 0 spiro atoms. The van der Waals surface area contributed by atoms with E-state index in [1.165, 1.54) is 13.8 Å². The second kappa shape index (κ2) is 5.75. The zero-order chi connectivity index (χ0) is 23.7. The molecule has 2 unspecified atom stereocenters. The fourth-order valence-electron chi connectivity index (χ4n) is 5.13.